The lowest BCUT2D eigenvalue weighted by molar-refractivity contribution is 0.184. The number of likely N-dealkylation sites (N-methyl/N-ethyl adjacent to an activating group) is 1. The highest BCUT2D eigenvalue weighted by Gasteiger charge is 2.30. The highest BCUT2D eigenvalue weighted by atomic mass is 16.5. The van der Waals surface area contributed by atoms with Crippen LogP contribution in [-0.4, -0.2) is 50.4 Å². The third kappa shape index (κ3) is 8.74. The second-order valence-electron chi connectivity index (χ2n) is 10.7. The Hall–Kier alpha value is -3.02. The quantitative estimate of drug-likeness (QED) is 0.265. The summed E-state index contributed by atoms with van der Waals surface area (Å²) in [5.74, 6) is 2.02. The Balaban J connectivity index is 1.93. The molecule has 0 radical (unpaired) electrons. The maximum Gasteiger partial charge on any atom is 0.119 e. The van der Waals surface area contributed by atoms with E-state index in [0.717, 1.165) is 37.7 Å². The Morgan fingerprint density at radius 1 is 1.05 bits per heavy atom. The molecule has 5 nitrogen and oxygen atoms in total. The fourth-order valence-corrected chi connectivity index (χ4v) is 4.94. The summed E-state index contributed by atoms with van der Waals surface area (Å²) < 4.78 is 17.9. The second-order valence-corrected chi connectivity index (χ2v) is 10.7. The number of benzene rings is 2. The van der Waals surface area contributed by atoms with Gasteiger partial charge < -0.3 is 24.0 Å². The summed E-state index contributed by atoms with van der Waals surface area (Å²) in [7, 11) is 1.74. The minimum absolute atomic E-state index is 0.216. The van der Waals surface area contributed by atoms with Gasteiger partial charge in [0.15, 0.2) is 0 Å². The lowest BCUT2D eigenvalue weighted by atomic mass is 9.93. The summed E-state index contributed by atoms with van der Waals surface area (Å²) in [4.78, 5) is 4.86. The van der Waals surface area contributed by atoms with E-state index in [-0.39, 0.29) is 11.5 Å². The maximum atomic E-state index is 6.36. The van der Waals surface area contributed by atoms with E-state index in [2.05, 4.69) is 99.0 Å². The first-order valence-electron chi connectivity index (χ1n) is 14.3. The largest absolute Gasteiger partial charge is 0.493 e. The molecular weight excluding hydrogens is 484 g/mol. The van der Waals surface area contributed by atoms with Gasteiger partial charge >= 0.3 is 0 Å². The van der Waals surface area contributed by atoms with Crippen LogP contribution in [0.3, 0.4) is 0 Å². The third-order valence-corrected chi connectivity index (χ3v) is 7.31. The highest BCUT2D eigenvalue weighted by Crippen LogP contribution is 2.37. The van der Waals surface area contributed by atoms with Crippen LogP contribution >= 0.6 is 0 Å². The van der Waals surface area contributed by atoms with Crippen LogP contribution in [0.15, 0.2) is 78.6 Å². The molecule has 1 unspecified atom stereocenters. The van der Waals surface area contributed by atoms with E-state index in [0.29, 0.717) is 19.8 Å². The minimum atomic E-state index is -0.309. The van der Waals surface area contributed by atoms with Gasteiger partial charge in [0, 0.05) is 31.8 Å². The molecular formula is C34H48N2O3. The van der Waals surface area contributed by atoms with Gasteiger partial charge in [0.1, 0.15) is 18.1 Å². The molecule has 1 aliphatic rings. The molecule has 2 aromatic rings. The van der Waals surface area contributed by atoms with Gasteiger partial charge in [-0.25, -0.2) is 0 Å². The van der Waals surface area contributed by atoms with Crippen LogP contribution in [0.25, 0.3) is 0 Å². The van der Waals surface area contributed by atoms with Crippen molar-refractivity contribution in [1.29, 1.82) is 0 Å². The van der Waals surface area contributed by atoms with Crippen LogP contribution in [-0.2, 0) is 22.6 Å². The van der Waals surface area contributed by atoms with Crippen LogP contribution in [0.4, 0.5) is 5.69 Å². The molecule has 3 rings (SSSR count). The average molecular weight is 533 g/mol. The first kappa shape index (κ1) is 30.5. The molecule has 39 heavy (non-hydrogen) atoms. The fourth-order valence-electron chi connectivity index (χ4n) is 4.94. The molecule has 1 aliphatic heterocycles. The lowest BCUT2D eigenvalue weighted by Gasteiger charge is -2.40. The van der Waals surface area contributed by atoms with Crippen molar-refractivity contribution in [3.63, 3.8) is 0 Å². The predicted molar refractivity (Wildman–Crippen MR) is 164 cm³/mol. The molecule has 0 aliphatic carbocycles. The molecule has 0 amide bonds. The van der Waals surface area contributed by atoms with Crippen molar-refractivity contribution in [3.8, 4) is 5.75 Å². The second kappa shape index (κ2) is 14.9. The van der Waals surface area contributed by atoms with E-state index in [9.17, 15) is 0 Å². The van der Waals surface area contributed by atoms with Gasteiger partial charge in [-0.1, -0.05) is 63.3 Å². The molecule has 0 fully saturated rings. The van der Waals surface area contributed by atoms with E-state index >= 15 is 0 Å². The van der Waals surface area contributed by atoms with Crippen LogP contribution in [0.2, 0.25) is 0 Å². The van der Waals surface area contributed by atoms with Gasteiger partial charge in [0.05, 0.1) is 18.8 Å². The predicted octanol–water partition coefficient (Wildman–Crippen LogP) is 7.49. The lowest BCUT2D eigenvalue weighted by Crippen LogP contribution is -2.43. The molecule has 2 aromatic carbocycles. The Labute approximate surface area is 236 Å². The summed E-state index contributed by atoms with van der Waals surface area (Å²) in [5, 5.41) is 0. The molecule has 0 saturated heterocycles. The van der Waals surface area contributed by atoms with Crippen molar-refractivity contribution in [2.45, 2.75) is 66.2 Å². The Morgan fingerprint density at radius 2 is 1.77 bits per heavy atom. The molecule has 1 heterocycles. The first-order valence-corrected chi connectivity index (χ1v) is 14.3. The van der Waals surface area contributed by atoms with Gasteiger partial charge in [-0.05, 0) is 80.9 Å². The number of allylic oxidation sites excluding steroid dienone is 4. The Bertz CT molecular complexity index is 1110. The number of fused-ring (bicyclic) bond motifs is 1. The zero-order valence-corrected chi connectivity index (χ0v) is 25.1. The molecule has 5 heteroatoms. The summed E-state index contributed by atoms with van der Waals surface area (Å²) in [6, 6.07) is 15.3. The maximum absolute atomic E-state index is 6.36. The zero-order valence-electron chi connectivity index (χ0n) is 25.1. The number of hydrogen-bond donors (Lipinski definition) is 0. The monoisotopic (exact) mass is 532 g/mol. The van der Waals surface area contributed by atoms with Gasteiger partial charge in [0.25, 0.3) is 0 Å². The smallest absolute Gasteiger partial charge is 0.119 e. The number of ether oxygens (including phenoxy) is 3. The number of anilines is 1. The normalized spacial score (nSPS) is 18.8. The number of hydrogen-bond acceptors (Lipinski definition) is 5. The highest BCUT2D eigenvalue weighted by molar-refractivity contribution is 5.60. The number of methoxy groups -OCH3 is 1. The van der Waals surface area contributed by atoms with Crippen molar-refractivity contribution in [1.82, 2.24) is 4.90 Å². The van der Waals surface area contributed by atoms with Crippen LogP contribution in [0, 0.1) is 0 Å². The topological polar surface area (TPSA) is 34.2 Å². The molecule has 0 N–H and O–H groups in total. The van der Waals surface area contributed by atoms with Crippen molar-refractivity contribution < 1.29 is 14.2 Å². The van der Waals surface area contributed by atoms with Gasteiger partial charge in [0.2, 0.25) is 0 Å². The van der Waals surface area contributed by atoms with Gasteiger partial charge in [-0.2, -0.15) is 0 Å². The van der Waals surface area contributed by atoms with Crippen molar-refractivity contribution >= 4 is 5.69 Å². The number of rotatable bonds is 12. The average Bonchev–Trinajstić information content (AvgIpc) is 2.96. The Kier molecular flexibility index (Phi) is 11.7. The van der Waals surface area contributed by atoms with E-state index in [4.69, 9.17) is 14.2 Å². The molecule has 0 spiro atoms. The standard InChI is InChI=1S/C34H48N2O3/c1-8-11-12-13-31-23-34(5,6)36(33-19-16-29(26-37-7)22-32(33)27(4)25-39-31)24-28-14-17-30(18-15-28)38-21-20-35(9-2)10-3/h8,11-19,22-23,27H,9-10,20-21,24-26H2,1-7H3/b11-8-,13-12-,31-23-. The summed E-state index contributed by atoms with van der Waals surface area (Å²) in [6.07, 6.45) is 10.4. The molecule has 0 aromatic heterocycles. The number of nitrogens with zero attached hydrogens (tertiary/aromatic N) is 2. The van der Waals surface area contributed by atoms with Crippen LogP contribution < -0.4 is 9.64 Å². The minimum Gasteiger partial charge on any atom is -0.493 e. The van der Waals surface area contributed by atoms with Crippen LogP contribution in [0.1, 0.15) is 64.2 Å². The van der Waals surface area contributed by atoms with Gasteiger partial charge in [-0.15, -0.1) is 0 Å². The van der Waals surface area contributed by atoms with Crippen molar-refractivity contribution in [3.05, 3.63) is 95.3 Å². The molecule has 0 bridgehead atoms. The molecule has 212 valence electrons. The van der Waals surface area contributed by atoms with Crippen LogP contribution in [0.5, 0.6) is 5.75 Å². The fraction of sp³-hybridized carbons (Fsp3) is 0.471. The first-order chi connectivity index (χ1) is 18.8. The summed E-state index contributed by atoms with van der Waals surface area (Å²) >= 11 is 0. The van der Waals surface area contributed by atoms with Gasteiger partial charge in [-0.3, -0.25) is 0 Å². The summed E-state index contributed by atoms with van der Waals surface area (Å²) in [6.45, 7) is 18.8. The van der Waals surface area contributed by atoms with E-state index in [1.165, 1.54) is 22.4 Å². The zero-order chi connectivity index (χ0) is 28.3. The Morgan fingerprint density at radius 3 is 2.44 bits per heavy atom. The van der Waals surface area contributed by atoms with Crippen molar-refractivity contribution in [2.24, 2.45) is 0 Å². The molecule has 0 saturated carbocycles. The third-order valence-electron chi connectivity index (χ3n) is 7.31. The van der Waals surface area contributed by atoms with Crippen molar-refractivity contribution in [2.75, 3.05) is 44.9 Å². The van der Waals surface area contributed by atoms with E-state index in [1.54, 1.807) is 7.11 Å². The van der Waals surface area contributed by atoms with E-state index < -0.39 is 0 Å². The molecule has 1 atom stereocenters. The summed E-state index contributed by atoms with van der Waals surface area (Å²) in [5.41, 5.74) is 4.60. The SMILES string of the molecule is C\C=C/C=C\C1=C\C(C)(C)N(Cc2ccc(OCCN(CC)CC)cc2)c2ccc(COC)cc2C(C)CO1. The van der Waals surface area contributed by atoms with E-state index in [1.807, 2.05) is 25.2 Å².